The van der Waals surface area contributed by atoms with E-state index in [0.29, 0.717) is 10.9 Å². The molecule has 3 N–H and O–H groups in total. The molecule has 3 rings (SSSR count). The summed E-state index contributed by atoms with van der Waals surface area (Å²) in [6.45, 7) is 0. The minimum absolute atomic E-state index is 0.0819. The molecule has 0 saturated heterocycles. The van der Waals surface area contributed by atoms with Crippen molar-refractivity contribution in [2.24, 2.45) is 0 Å². The smallest absolute Gasteiger partial charge is 0.403 e. The van der Waals surface area contributed by atoms with Gasteiger partial charge in [-0.3, -0.25) is 14.6 Å². The second-order valence-electron chi connectivity index (χ2n) is 5.05. The average Bonchev–Trinajstić information content (AvgIpc) is 2.50. The van der Waals surface area contributed by atoms with Crippen LogP contribution in [-0.4, -0.2) is 14.8 Å². The van der Waals surface area contributed by atoms with E-state index in [1.54, 1.807) is 24.3 Å². The third kappa shape index (κ3) is 3.51. The van der Waals surface area contributed by atoms with Crippen LogP contribution in [0.5, 0.6) is 5.75 Å². The van der Waals surface area contributed by atoms with Crippen molar-refractivity contribution >= 4 is 18.7 Å². The molecular formula is C16H14NO5P. The summed E-state index contributed by atoms with van der Waals surface area (Å²) in [6.07, 6.45) is 0.205. The number of para-hydroxylation sites is 1. The first-order chi connectivity index (χ1) is 10.9. The van der Waals surface area contributed by atoms with E-state index in [2.05, 4.69) is 4.98 Å². The summed E-state index contributed by atoms with van der Waals surface area (Å²) in [5.74, 6) is -0.0819. The Hall–Kier alpha value is -2.40. The SMILES string of the molecule is O=c1[nH]c2ccccc2c(OP(=O)(O)O)c1Cc1ccccc1. The highest BCUT2D eigenvalue weighted by Gasteiger charge is 2.23. The maximum atomic E-state index is 12.4. The molecule has 7 heteroatoms. The van der Waals surface area contributed by atoms with Gasteiger partial charge in [-0.05, 0) is 17.7 Å². The summed E-state index contributed by atoms with van der Waals surface area (Å²) in [7, 11) is -4.80. The number of H-pyrrole nitrogens is 1. The van der Waals surface area contributed by atoms with Crippen molar-refractivity contribution in [3.63, 3.8) is 0 Å². The van der Waals surface area contributed by atoms with Gasteiger partial charge in [0.15, 0.2) is 0 Å². The summed E-state index contributed by atoms with van der Waals surface area (Å²) in [4.78, 5) is 33.4. The van der Waals surface area contributed by atoms with E-state index >= 15 is 0 Å². The van der Waals surface area contributed by atoms with Gasteiger partial charge in [0.2, 0.25) is 0 Å². The summed E-state index contributed by atoms with van der Waals surface area (Å²) in [5, 5.41) is 0.446. The van der Waals surface area contributed by atoms with Gasteiger partial charge < -0.3 is 9.51 Å². The van der Waals surface area contributed by atoms with Crippen LogP contribution in [0.3, 0.4) is 0 Å². The molecule has 1 aromatic heterocycles. The largest absolute Gasteiger partial charge is 0.524 e. The first-order valence-electron chi connectivity index (χ1n) is 6.87. The Morgan fingerprint density at radius 2 is 1.65 bits per heavy atom. The van der Waals surface area contributed by atoms with Crippen LogP contribution in [0.2, 0.25) is 0 Å². The van der Waals surface area contributed by atoms with Crippen LogP contribution in [0.1, 0.15) is 11.1 Å². The lowest BCUT2D eigenvalue weighted by molar-refractivity contribution is 0.283. The maximum absolute atomic E-state index is 12.4. The number of benzene rings is 2. The number of rotatable bonds is 4. The molecule has 6 nitrogen and oxygen atoms in total. The molecule has 0 bridgehead atoms. The van der Waals surface area contributed by atoms with E-state index in [0.717, 1.165) is 5.56 Å². The highest BCUT2D eigenvalue weighted by atomic mass is 31.2. The van der Waals surface area contributed by atoms with Crippen LogP contribution in [0.25, 0.3) is 10.9 Å². The number of hydrogen-bond acceptors (Lipinski definition) is 3. The highest BCUT2D eigenvalue weighted by Crippen LogP contribution is 2.41. The molecule has 0 atom stereocenters. The summed E-state index contributed by atoms with van der Waals surface area (Å²) >= 11 is 0. The number of aromatic amines is 1. The Morgan fingerprint density at radius 3 is 2.35 bits per heavy atom. The predicted molar refractivity (Wildman–Crippen MR) is 86.5 cm³/mol. The zero-order valence-corrected chi connectivity index (χ0v) is 12.9. The van der Waals surface area contributed by atoms with E-state index in [1.807, 2.05) is 30.3 Å². The lowest BCUT2D eigenvalue weighted by Gasteiger charge is -2.14. The lowest BCUT2D eigenvalue weighted by Crippen LogP contribution is -2.15. The van der Waals surface area contributed by atoms with Gasteiger partial charge in [-0.2, -0.15) is 0 Å². The second-order valence-corrected chi connectivity index (χ2v) is 6.22. The van der Waals surface area contributed by atoms with Gasteiger partial charge in [0, 0.05) is 11.8 Å². The van der Waals surface area contributed by atoms with Gasteiger partial charge in [-0.15, -0.1) is 0 Å². The molecule has 23 heavy (non-hydrogen) atoms. The lowest BCUT2D eigenvalue weighted by atomic mass is 10.0. The standard InChI is InChI=1S/C16H14NO5P/c18-16-13(10-11-6-2-1-3-7-11)15(22-23(19,20)21)12-8-4-5-9-14(12)17-16/h1-9H,10H2,(H,17,18)(H2,19,20,21). The Bertz CT molecular complexity index is 946. The monoisotopic (exact) mass is 331 g/mol. The van der Waals surface area contributed by atoms with Crippen LogP contribution in [0.15, 0.2) is 59.4 Å². The van der Waals surface area contributed by atoms with Crippen LogP contribution in [0, 0.1) is 0 Å². The fourth-order valence-electron chi connectivity index (χ4n) is 2.44. The number of hydrogen-bond donors (Lipinski definition) is 3. The number of aromatic nitrogens is 1. The quantitative estimate of drug-likeness (QED) is 0.638. The van der Waals surface area contributed by atoms with Crippen LogP contribution in [-0.2, 0) is 11.0 Å². The van der Waals surface area contributed by atoms with Crippen molar-refractivity contribution in [2.75, 3.05) is 0 Å². The van der Waals surface area contributed by atoms with Crippen molar-refractivity contribution in [3.8, 4) is 5.75 Å². The molecule has 0 aliphatic carbocycles. The fraction of sp³-hybridized carbons (Fsp3) is 0.0625. The average molecular weight is 331 g/mol. The first-order valence-corrected chi connectivity index (χ1v) is 8.40. The Labute approximate surface area is 131 Å². The number of nitrogens with one attached hydrogen (secondary N) is 1. The van der Waals surface area contributed by atoms with Crippen molar-refractivity contribution < 1.29 is 18.9 Å². The number of pyridine rings is 1. The summed E-state index contributed by atoms with van der Waals surface area (Å²) < 4.78 is 16.2. The topological polar surface area (TPSA) is 99.6 Å². The molecule has 1 heterocycles. The minimum atomic E-state index is -4.80. The van der Waals surface area contributed by atoms with E-state index in [1.165, 1.54) is 0 Å². The van der Waals surface area contributed by atoms with Crippen molar-refractivity contribution in [3.05, 3.63) is 76.1 Å². The molecule has 0 saturated carbocycles. The molecule has 0 aliphatic rings. The zero-order valence-electron chi connectivity index (χ0n) is 12.0. The number of phosphoric ester groups is 1. The van der Waals surface area contributed by atoms with Crippen molar-refractivity contribution in [1.29, 1.82) is 0 Å². The van der Waals surface area contributed by atoms with Crippen LogP contribution < -0.4 is 10.1 Å². The molecule has 0 aliphatic heterocycles. The molecular weight excluding hydrogens is 317 g/mol. The molecule has 2 aromatic carbocycles. The first kappa shape index (κ1) is 15.5. The summed E-state index contributed by atoms with van der Waals surface area (Å²) in [5.41, 5.74) is 1.04. The van der Waals surface area contributed by atoms with Gasteiger partial charge in [0.05, 0.1) is 11.1 Å². The van der Waals surface area contributed by atoms with E-state index in [-0.39, 0.29) is 17.7 Å². The summed E-state index contributed by atoms with van der Waals surface area (Å²) in [6, 6.07) is 15.9. The Morgan fingerprint density at radius 1 is 1.00 bits per heavy atom. The normalized spacial score (nSPS) is 11.6. The van der Waals surface area contributed by atoms with Gasteiger partial charge in [-0.1, -0.05) is 42.5 Å². The van der Waals surface area contributed by atoms with Gasteiger partial charge in [0.25, 0.3) is 5.56 Å². The van der Waals surface area contributed by atoms with Gasteiger partial charge >= 0.3 is 7.82 Å². The molecule has 0 amide bonds. The fourth-order valence-corrected chi connectivity index (χ4v) is 2.88. The molecule has 0 radical (unpaired) electrons. The van der Waals surface area contributed by atoms with Crippen LogP contribution >= 0.6 is 7.82 Å². The third-order valence-electron chi connectivity index (χ3n) is 3.40. The predicted octanol–water partition coefficient (Wildman–Crippen LogP) is 2.59. The molecule has 0 unspecified atom stereocenters. The van der Waals surface area contributed by atoms with E-state index in [4.69, 9.17) is 4.52 Å². The molecule has 0 fully saturated rings. The van der Waals surface area contributed by atoms with Gasteiger partial charge in [0.1, 0.15) is 5.75 Å². The molecule has 118 valence electrons. The van der Waals surface area contributed by atoms with Gasteiger partial charge in [-0.25, -0.2) is 4.57 Å². The highest BCUT2D eigenvalue weighted by molar-refractivity contribution is 7.46. The molecule has 0 spiro atoms. The van der Waals surface area contributed by atoms with Crippen LogP contribution in [0.4, 0.5) is 0 Å². The van der Waals surface area contributed by atoms with Crippen molar-refractivity contribution in [1.82, 2.24) is 4.98 Å². The minimum Gasteiger partial charge on any atom is -0.403 e. The Balaban J connectivity index is 2.22. The van der Waals surface area contributed by atoms with E-state index in [9.17, 15) is 19.1 Å². The van der Waals surface area contributed by atoms with Crippen molar-refractivity contribution in [2.45, 2.75) is 6.42 Å². The number of fused-ring (bicyclic) bond motifs is 1. The molecule has 3 aromatic rings. The second kappa shape index (κ2) is 6.01. The Kier molecular flexibility index (Phi) is 4.05. The number of phosphoric acid groups is 1. The maximum Gasteiger partial charge on any atom is 0.524 e. The third-order valence-corrected chi connectivity index (χ3v) is 3.82. The van der Waals surface area contributed by atoms with E-state index < -0.39 is 13.4 Å². The zero-order chi connectivity index (χ0) is 16.4.